The van der Waals surface area contributed by atoms with Crippen molar-refractivity contribution in [1.29, 1.82) is 0 Å². The van der Waals surface area contributed by atoms with Crippen LogP contribution < -0.4 is 0 Å². The van der Waals surface area contributed by atoms with Crippen molar-refractivity contribution in [3.63, 3.8) is 0 Å². The number of sulfonamides is 1. The van der Waals surface area contributed by atoms with Gasteiger partial charge in [-0.1, -0.05) is 6.92 Å². The van der Waals surface area contributed by atoms with Gasteiger partial charge >= 0.3 is 0 Å². The van der Waals surface area contributed by atoms with Crippen LogP contribution in [0.2, 0.25) is 0 Å². The highest BCUT2D eigenvalue weighted by Crippen LogP contribution is 2.24. The Balaban J connectivity index is 1.90. The molecule has 0 saturated carbocycles. The van der Waals surface area contributed by atoms with Crippen LogP contribution in [0.1, 0.15) is 32.0 Å². The first-order valence-corrected chi connectivity index (χ1v) is 10.5. The van der Waals surface area contributed by atoms with Crippen LogP contribution in [-0.2, 0) is 23.0 Å². The fourth-order valence-corrected chi connectivity index (χ4v) is 4.00. The van der Waals surface area contributed by atoms with Crippen molar-refractivity contribution in [3.8, 4) is 0 Å². The first-order valence-electron chi connectivity index (χ1n) is 8.93. The molecule has 7 nitrogen and oxygen atoms in total. The number of hydrogen-bond donors (Lipinski definition) is 0. The molecule has 0 radical (unpaired) electrons. The van der Waals surface area contributed by atoms with E-state index < -0.39 is 10.0 Å². The van der Waals surface area contributed by atoms with E-state index in [1.54, 1.807) is 26.5 Å². The number of imidazole rings is 1. The Hall–Kier alpha value is -2.06. The fourth-order valence-electron chi connectivity index (χ4n) is 3.07. The zero-order valence-electron chi connectivity index (χ0n) is 15.5. The van der Waals surface area contributed by atoms with Crippen LogP contribution in [0.15, 0.2) is 24.5 Å². The number of aryl methyl sites for hydroxylation is 2. The first kappa shape index (κ1) is 18.7. The summed E-state index contributed by atoms with van der Waals surface area (Å²) < 4.78 is 27.3. The Bertz CT molecular complexity index is 1010. The van der Waals surface area contributed by atoms with E-state index in [4.69, 9.17) is 4.98 Å². The second-order valence-corrected chi connectivity index (χ2v) is 8.90. The summed E-state index contributed by atoms with van der Waals surface area (Å²) >= 11 is 0. The molecule has 0 fully saturated rings. The number of pyridine rings is 2. The summed E-state index contributed by atoms with van der Waals surface area (Å²) in [6.45, 7) is 2.85. The number of aromatic nitrogens is 4. The molecule has 0 aliphatic carbocycles. The minimum absolute atomic E-state index is 0.163. The molecular formula is C18H25N5O2S. The predicted octanol–water partition coefficient (Wildman–Crippen LogP) is 2.60. The molecule has 0 aliphatic rings. The lowest BCUT2D eigenvalue weighted by atomic mass is 10.2. The highest BCUT2D eigenvalue weighted by atomic mass is 32.2. The number of fused-ring (bicyclic) bond motifs is 3. The molecule has 3 aromatic rings. The van der Waals surface area contributed by atoms with E-state index in [1.165, 1.54) is 4.31 Å². The smallest absolute Gasteiger partial charge is 0.213 e. The average Bonchev–Trinajstić information content (AvgIpc) is 2.97. The maximum absolute atomic E-state index is 11.9. The molecule has 0 atom stereocenters. The molecule has 3 aromatic heterocycles. The summed E-state index contributed by atoms with van der Waals surface area (Å²) in [5.41, 5.74) is 3.54. The maximum atomic E-state index is 11.9. The van der Waals surface area contributed by atoms with Crippen molar-refractivity contribution < 1.29 is 8.42 Å². The van der Waals surface area contributed by atoms with Crippen LogP contribution >= 0.6 is 0 Å². The molecule has 140 valence electrons. The van der Waals surface area contributed by atoms with Crippen LogP contribution in [-0.4, -0.2) is 52.1 Å². The zero-order valence-corrected chi connectivity index (χ0v) is 16.3. The molecule has 0 spiro atoms. The first-order chi connectivity index (χ1) is 12.4. The van der Waals surface area contributed by atoms with Gasteiger partial charge in [-0.05, 0) is 31.4 Å². The molecule has 3 rings (SSSR count). The highest BCUT2D eigenvalue weighted by molar-refractivity contribution is 7.89. The van der Waals surface area contributed by atoms with Gasteiger partial charge in [-0.25, -0.2) is 17.7 Å². The third-order valence-corrected chi connectivity index (χ3v) is 6.39. The lowest BCUT2D eigenvalue weighted by molar-refractivity contribution is 0.514. The van der Waals surface area contributed by atoms with Gasteiger partial charge in [-0.3, -0.25) is 9.97 Å². The molecule has 3 heterocycles. The predicted molar refractivity (Wildman–Crippen MR) is 104 cm³/mol. The summed E-state index contributed by atoms with van der Waals surface area (Å²) in [6.07, 6.45) is 6.82. The van der Waals surface area contributed by atoms with Crippen LogP contribution in [0.3, 0.4) is 0 Å². The molecule has 0 unspecified atom stereocenters. The van der Waals surface area contributed by atoms with Crippen molar-refractivity contribution in [3.05, 3.63) is 30.4 Å². The molecule has 0 amide bonds. The van der Waals surface area contributed by atoms with E-state index in [9.17, 15) is 8.42 Å². The van der Waals surface area contributed by atoms with Gasteiger partial charge < -0.3 is 4.57 Å². The Morgan fingerprint density at radius 3 is 2.69 bits per heavy atom. The molecule has 26 heavy (non-hydrogen) atoms. The highest BCUT2D eigenvalue weighted by Gasteiger charge is 2.16. The minimum Gasteiger partial charge on any atom is -0.326 e. The molecule has 8 heteroatoms. The fraction of sp³-hybridized carbons (Fsp3) is 0.500. The van der Waals surface area contributed by atoms with Crippen molar-refractivity contribution >= 4 is 32.1 Å². The molecule has 0 bridgehead atoms. The quantitative estimate of drug-likeness (QED) is 0.565. The monoisotopic (exact) mass is 375 g/mol. The molecule has 0 aliphatic heterocycles. The van der Waals surface area contributed by atoms with E-state index in [-0.39, 0.29) is 5.75 Å². The van der Waals surface area contributed by atoms with Crippen molar-refractivity contribution in [1.82, 2.24) is 23.8 Å². The molecule has 0 aromatic carbocycles. The van der Waals surface area contributed by atoms with E-state index >= 15 is 0 Å². The van der Waals surface area contributed by atoms with Gasteiger partial charge in [0, 0.05) is 33.3 Å². The topological polar surface area (TPSA) is 81.0 Å². The Morgan fingerprint density at radius 1 is 1.15 bits per heavy atom. The lowest BCUT2D eigenvalue weighted by Gasteiger charge is -2.12. The second-order valence-electron chi connectivity index (χ2n) is 6.60. The van der Waals surface area contributed by atoms with E-state index in [2.05, 4.69) is 21.5 Å². The third kappa shape index (κ3) is 3.71. The number of hydrogen-bond acceptors (Lipinski definition) is 5. The average molecular weight is 375 g/mol. The number of unbranched alkanes of at least 4 members (excludes halogenated alkanes) is 1. The van der Waals surface area contributed by atoms with Gasteiger partial charge in [-0.15, -0.1) is 0 Å². The van der Waals surface area contributed by atoms with Gasteiger partial charge in [0.05, 0.1) is 23.0 Å². The Morgan fingerprint density at radius 2 is 1.96 bits per heavy atom. The van der Waals surface area contributed by atoms with Crippen LogP contribution in [0.5, 0.6) is 0 Å². The van der Waals surface area contributed by atoms with Crippen LogP contribution in [0.25, 0.3) is 22.1 Å². The number of nitrogens with zero attached hydrogens (tertiary/aromatic N) is 5. The van der Waals surface area contributed by atoms with Crippen LogP contribution in [0, 0.1) is 0 Å². The van der Waals surface area contributed by atoms with E-state index in [0.29, 0.717) is 6.42 Å². The van der Waals surface area contributed by atoms with E-state index in [0.717, 1.165) is 53.7 Å². The standard InChI is InChI=1S/C18H25N5O2S/c1-4-8-16-21-15-13-20-14-9-7-10-19-17(14)18(15)23(16)11-5-6-12-26(24,25)22(2)3/h7,9-10,13H,4-6,8,11-12H2,1-3H3. The molecule has 0 N–H and O–H groups in total. The molecular weight excluding hydrogens is 350 g/mol. The largest absolute Gasteiger partial charge is 0.326 e. The van der Waals surface area contributed by atoms with Crippen molar-refractivity contribution in [2.24, 2.45) is 0 Å². The summed E-state index contributed by atoms with van der Waals surface area (Å²) in [5.74, 6) is 1.17. The number of rotatable bonds is 8. The Kier molecular flexibility index (Phi) is 5.52. The third-order valence-electron chi connectivity index (χ3n) is 4.47. The van der Waals surface area contributed by atoms with Crippen molar-refractivity contribution in [2.45, 2.75) is 39.2 Å². The summed E-state index contributed by atoms with van der Waals surface area (Å²) in [7, 11) is -0.00609. The normalized spacial score (nSPS) is 12.5. The van der Waals surface area contributed by atoms with Crippen molar-refractivity contribution in [2.75, 3.05) is 19.8 Å². The van der Waals surface area contributed by atoms with Gasteiger partial charge in [0.1, 0.15) is 16.9 Å². The second kappa shape index (κ2) is 7.67. The molecule has 0 saturated heterocycles. The van der Waals surface area contributed by atoms with Gasteiger partial charge in [0.25, 0.3) is 0 Å². The van der Waals surface area contributed by atoms with Crippen LogP contribution in [0.4, 0.5) is 0 Å². The SMILES string of the molecule is CCCc1nc2cnc3cccnc3c2n1CCCCS(=O)(=O)N(C)C. The summed E-state index contributed by atoms with van der Waals surface area (Å²) in [6, 6.07) is 3.82. The lowest BCUT2D eigenvalue weighted by Crippen LogP contribution is -2.25. The summed E-state index contributed by atoms with van der Waals surface area (Å²) in [4.78, 5) is 13.7. The Labute approximate surface area is 154 Å². The van der Waals surface area contributed by atoms with Gasteiger partial charge in [0.15, 0.2) is 0 Å². The van der Waals surface area contributed by atoms with Gasteiger partial charge in [0.2, 0.25) is 10.0 Å². The minimum atomic E-state index is -3.15. The summed E-state index contributed by atoms with van der Waals surface area (Å²) in [5, 5.41) is 0. The van der Waals surface area contributed by atoms with Gasteiger partial charge in [-0.2, -0.15) is 0 Å². The van der Waals surface area contributed by atoms with E-state index in [1.807, 2.05) is 12.1 Å². The zero-order chi connectivity index (χ0) is 18.7. The maximum Gasteiger partial charge on any atom is 0.213 e.